The Balaban J connectivity index is 0.00000450. The molecular formula is C21H31IN4O4. The van der Waals surface area contributed by atoms with E-state index in [0.29, 0.717) is 25.4 Å². The van der Waals surface area contributed by atoms with Crippen LogP contribution in [0.2, 0.25) is 0 Å². The highest BCUT2D eigenvalue weighted by Crippen LogP contribution is 2.25. The molecule has 166 valence electrons. The van der Waals surface area contributed by atoms with Crippen molar-refractivity contribution in [2.75, 3.05) is 41.4 Å². The Morgan fingerprint density at radius 1 is 1.17 bits per heavy atom. The van der Waals surface area contributed by atoms with Crippen molar-refractivity contribution >= 4 is 35.8 Å². The number of nitrogens with zero attached hydrogens (tertiary/aromatic N) is 2. The second-order valence-corrected chi connectivity index (χ2v) is 6.55. The molecule has 0 fully saturated rings. The highest BCUT2D eigenvalue weighted by atomic mass is 127. The third kappa shape index (κ3) is 7.12. The van der Waals surface area contributed by atoms with Crippen LogP contribution in [0.25, 0.3) is 0 Å². The smallest absolute Gasteiger partial charge is 0.287 e. The minimum Gasteiger partial charge on any atom is -0.497 e. The Morgan fingerprint density at radius 3 is 2.50 bits per heavy atom. The lowest BCUT2D eigenvalue weighted by Crippen LogP contribution is -2.39. The average Bonchev–Trinajstić information content (AvgIpc) is 3.16. The molecular weight excluding hydrogens is 499 g/mol. The molecule has 2 rings (SSSR count). The predicted molar refractivity (Wildman–Crippen MR) is 128 cm³/mol. The number of carbonyl (C=O) groups is 1. The summed E-state index contributed by atoms with van der Waals surface area (Å²) in [5.41, 5.74) is 1.86. The molecule has 30 heavy (non-hydrogen) atoms. The molecule has 2 aromatic rings. The first kappa shape index (κ1) is 25.6. The molecule has 8 nitrogen and oxygen atoms in total. The van der Waals surface area contributed by atoms with E-state index in [0.717, 1.165) is 35.0 Å². The SMILES string of the molecule is CN=C(NCCCNC(=O)c1occc1C)N(C)Cc1ccc(OC)cc1OC.I. The van der Waals surface area contributed by atoms with Gasteiger partial charge in [-0.15, -0.1) is 24.0 Å². The van der Waals surface area contributed by atoms with Gasteiger partial charge in [0.25, 0.3) is 5.91 Å². The maximum absolute atomic E-state index is 12.0. The molecule has 0 aliphatic heterocycles. The highest BCUT2D eigenvalue weighted by Gasteiger charge is 2.13. The summed E-state index contributed by atoms with van der Waals surface area (Å²) in [7, 11) is 6.97. The summed E-state index contributed by atoms with van der Waals surface area (Å²) in [6.07, 6.45) is 2.27. The standard InChI is InChI=1S/C21H30N4O4.HI/c1-15-9-12-29-19(15)20(26)23-10-6-11-24-21(22-2)25(3)14-16-7-8-17(27-4)13-18(16)28-5;/h7-9,12-13H,6,10-11,14H2,1-5H3,(H,22,24)(H,23,26);1H. The summed E-state index contributed by atoms with van der Waals surface area (Å²) in [6, 6.07) is 7.52. The van der Waals surface area contributed by atoms with Gasteiger partial charge in [-0.3, -0.25) is 9.79 Å². The van der Waals surface area contributed by atoms with E-state index in [1.807, 2.05) is 37.1 Å². The Labute approximate surface area is 195 Å². The zero-order chi connectivity index (χ0) is 21.2. The number of amides is 1. The largest absolute Gasteiger partial charge is 0.497 e. The summed E-state index contributed by atoms with van der Waals surface area (Å²) in [5.74, 6) is 2.45. The number of halogens is 1. The summed E-state index contributed by atoms with van der Waals surface area (Å²) in [4.78, 5) is 18.4. The lowest BCUT2D eigenvalue weighted by atomic mass is 10.2. The van der Waals surface area contributed by atoms with Crippen molar-refractivity contribution < 1.29 is 18.7 Å². The molecule has 0 atom stereocenters. The number of ether oxygens (including phenoxy) is 2. The Bertz CT molecular complexity index is 838. The van der Waals surface area contributed by atoms with Gasteiger partial charge in [0.15, 0.2) is 11.7 Å². The van der Waals surface area contributed by atoms with Crippen LogP contribution in [0.5, 0.6) is 11.5 Å². The monoisotopic (exact) mass is 530 g/mol. The van der Waals surface area contributed by atoms with Gasteiger partial charge in [-0.05, 0) is 31.5 Å². The normalized spacial score (nSPS) is 10.8. The van der Waals surface area contributed by atoms with Crippen molar-refractivity contribution in [3.8, 4) is 11.5 Å². The van der Waals surface area contributed by atoms with Gasteiger partial charge >= 0.3 is 0 Å². The van der Waals surface area contributed by atoms with E-state index in [1.54, 1.807) is 27.3 Å². The fourth-order valence-corrected chi connectivity index (χ4v) is 2.87. The van der Waals surface area contributed by atoms with Crippen molar-refractivity contribution in [1.82, 2.24) is 15.5 Å². The quantitative estimate of drug-likeness (QED) is 0.224. The molecule has 1 aromatic heterocycles. The van der Waals surface area contributed by atoms with Crippen molar-refractivity contribution in [3.05, 3.63) is 47.4 Å². The van der Waals surface area contributed by atoms with Crippen LogP contribution in [0.3, 0.4) is 0 Å². The van der Waals surface area contributed by atoms with Crippen LogP contribution in [-0.4, -0.2) is 58.2 Å². The van der Waals surface area contributed by atoms with Crippen LogP contribution < -0.4 is 20.1 Å². The van der Waals surface area contributed by atoms with Gasteiger partial charge in [0, 0.05) is 50.9 Å². The number of carbonyl (C=O) groups excluding carboxylic acids is 1. The third-order valence-electron chi connectivity index (χ3n) is 4.47. The van der Waals surface area contributed by atoms with Crippen molar-refractivity contribution in [2.45, 2.75) is 19.9 Å². The van der Waals surface area contributed by atoms with E-state index in [2.05, 4.69) is 15.6 Å². The average molecular weight is 530 g/mol. The lowest BCUT2D eigenvalue weighted by Gasteiger charge is -2.23. The zero-order valence-electron chi connectivity index (χ0n) is 18.2. The van der Waals surface area contributed by atoms with E-state index < -0.39 is 0 Å². The zero-order valence-corrected chi connectivity index (χ0v) is 20.5. The molecule has 1 aromatic carbocycles. The fourth-order valence-electron chi connectivity index (χ4n) is 2.87. The molecule has 1 heterocycles. The summed E-state index contributed by atoms with van der Waals surface area (Å²) >= 11 is 0. The van der Waals surface area contributed by atoms with Crippen LogP contribution in [0, 0.1) is 6.92 Å². The van der Waals surface area contributed by atoms with Gasteiger partial charge in [0.2, 0.25) is 0 Å². The molecule has 0 aliphatic rings. The van der Waals surface area contributed by atoms with Crippen molar-refractivity contribution in [1.29, 1.82) is 0 Å². The number of hydrogen-bond acceptors (Lipinski definition) is 5. The summed E-state index contributed by atoms with van der Waals surface area (Å²) in [5, 5.41) is 6.16. The van der Waals surface area contributed by atoms with Gasteiger partial charge in [-0.2, -0.15) is 0 Å². The van der Waals surface area contributed by atoms with Gasteiger partial charge in [0.05, 0.1) is 20.5 Å². The molecule has 0 saturated carbocycles. The number of methoxy groups -OCH3 is 2. The molecule has 2 N–H and O–H groups in total. The number of rotatable bonds is 9. The van der Waals surface area contributed by atoms with Gasteiger partial charge in [-0.25, -0.2) is 0 Å². The number of aliphatic imine (C=N–C) groups is 1. The van der Waals surface area contributed by atoms with Crippen molar-refractivity contribution in [2.24, 2.45) is 4.99 Å². The minimum absolute atomic E-state index is 0. The number of aryl methyl sites for hydroxylation is 1. The second-order valence-electron chi connectivity index (χ2n) is 6.55. The van der Waals surface area contributed by atoms with Crippen LogP contribution >= 0.6 is 24.0 Å². The predicted octanol–water partition coefficient (Wildman–Crippen LogP) is 3.05. The summed E-state index contributed by atoms with van der Waals surface area (Å²) < 4.78 is 15.9. The second kappa shape index (κ2) is 13.0. The molecule has 0 saturated heterocycles. The molecule has 1 amide bonds. The third-order valence-corrected chi connectivity index (χ3v) is 4.47. The van der Waals surface area contributed by atoms with E-state index in [9.17, 15) is 4.79 Å². The Hall–Kier alpha value is -2.43. The lowest BCUT2D eigenvalue weighted by molar-refractivity contribution is 0.0925. The van der Waals surface area contributed by atoms with E-state index >= 15 is 0 Å². The van der Waals surface area contributed by atoms with Crippen LogP contribution in [0.1, 0.15) is 28.1 Å². The number of nitrogens with one attached hydrogen (secondary N) is 2. The van der Waals surface area contributed by atoms with E-state index in [-0.39, 0.29) is 29.9 Å². The van der Waals surface area contributed by atoms with Crippen LogP contribution in [0.15, 0.2) is 39.9 Å². The number of hydrogen-bond donors (Lipinski definition) is 2. The van der Waals surface area contributed by atoms with Crippen molar-refractivity contribution in [3.63, 3.8) is 0 Å². The Kier molecular flexibility index (Phi) is 11.1. The van der Waals surface area contributed by atoms with Gasteiger partial charge in [0.1, 0.15) is 11.5 Å². The molecule has 0 aliphatic carbocycles. The maximum Gasteiger partial charge on any atom is 0.287 e. The molecule has 0 bridgehead atoms. The first-order valence-electron chi connectivity index (χ1n) is 9.45. The van der Waals surface area contributed by atoms with Gasteiger partial charge < -0.3 is 29.4 Å². The van der Waals surface area contributed by atoms with E-state index in [4.69, 9.17) is 13.9 Å². The number of guanidine groups is 1. The molecule has 0 radical (unpaired) electrons. The maximum atomic E-state index is 12.0. The topological polar surface area (TPSA) is 88.3 Å². The minimum atomic E-state index is -0.194. The number of furan rings is 1. The Morgan fingerprint density at radius 2 is 1.90 bits per heavy atom. The summed E-state index contributed by atoms with van der Waals surface area (Å²) in [6.45, 7) is 3.69. The molecule has 0 spiro atoms. The number of benzene rings is 1. The first-order valence-corrected chi connectivity index (χ1v) is 9.45. The highest BCUT2D eigenvalue weighted by molar-refractivity contribution is 14.0. The van der Waals surface area contributed by atoms with E-state index in [1.165, 1.54) is 6.26 Å². The first-order chi connectivity index (χ1) is 14.0. The van der Waals surface area contributed by atoms with Gasteiger partial charge in [-0.1, -0.05) is 0 Å². The molecule has 0 unspecified atom stereocenters. The fraction of sp³-hybridized carbons (Fsp3) is 0.429. The van der Waals surface area contributed by atoms with Crippen LogP contribution in [-0.2, 0) is 6.54 Å². The molecule has 9 heteroatoms. The van der Waals surface area contributed by atoms with Crippen LogP contribution in [0.4, 0.5) is 0 Å².